The molecule has 0 bridgehead atoms. The molecule has 6 heteroatoms. The molecule has 0 atom stereocenters. The first-order valence-electron chi connectivity index (χ1n) is 8.42. The first-order chi connectivity index (χ1) is 13.1. The van der Waals surface area contributed by atoms with Crippen molar-refractivity contribution in [3.05, 3.63) is 87.5 Å². The van der Waals surface area contributed by atoms with Gasteiger partial charge in [0.1, 0.15) is 5.56 Å². The van der Waals surface area contributed by atoms with Crippen molar-refractivity contribution in [2.75, 3.05) is 11.6 Å². The molecule has 1 aliphatic rings. The van der Waals surface area contributed by atoms with Crippen LogP contribution in [-0.2, 0) is 6.42 Å². The molecule has 1 amide bonds. The van der Waals surface area contributed by atoms with Gasteiger partial charge in [0.15, 0.2) is 0 Å². The molecule has 0 spiro atoms. The fourth-order valence-electron chi connectivity index (χ4n) is 3.40. The van der Waals surface area contributed by atoms with E-state index in [1.807, 2.05) is 36.6 Å². The Labute approximate surface area is 160 Å². The number of thioether (sulfide) groups is 1. The van der Waals surface area contributed by atoms with E-state index in [-0.39, 0.29) is 11.3 Å². The summed E-state index contributed by atoms with van der Waals surface area (Å²) < 4.78 is 0. The molecule has 1 N–H and O–H groups in total. The van der Waals surface area contributed by atoms with E-state index in [0.29, 0.717) is 5.69 Å². The molecule has 3 aromatic rings. The highest BCUT2D eigenvalue weighted by molar-refractivity contribution is 7.98. The van der Waals surface area contributed by atoms with E-state index in [9.17, 15) is 14.9 Å². The summed E-state index contributed by atoms with van der Waals surface area (Å²) >= 11 is 1.43. The van der Waals surface area contributed by atoms with Crippen LogP contribution in [0.3, 0.4) is 0 Å². The minimum absolute atomic E-state index is 0.0654. The number of hydrogen-bond donors (Lipinski definition) is 1. The van der Waals surface area contributed by atoms with Gasteiger partial charge in [-0.05, 0) is 59.2 Å². The number of amides is 1. The first kappa shape index (κ1) is 17.3. The highest BCUT2D eigenvalue weighted by Crippen LogP contribution is 2.37. The number of fused-ring (bicyclic) bond motifs is 3. The largest absolute Gasteiger partial charge is 0.322 e. The van der Waals surface area contributed by atoms with Crippen LogP contribution in [0.2, 0.25) is 0 Å². The quantitative estimate of drug-likeness (QED) is 0.304. The summed E-state index contributed by atoms with van der Waals surface area (Å²) in [5, 5.41) is 14.1. The predicted molar refractivity (Wildman–Crippen MR) is 108 cm³/mol. The lowest BCUT2D eigenvalue weighted by molar-refractivity contribution is -0.385. The standard InChI is InChI=1S/C21H16N2O3S/c1-27-16-7-9-20(23(25)26)19(12-16)21(24)22-15-6-8-18-14(11-15)10-13-4-2-3-5-17(13)18/h2-9,11-12H,10H2,1H3,(H,22,24). The van der Waals surface area contributed by atoms with Crippen LogP contribution in [0.15, 0.2) is 65.6 Å². The molecule has 3 aromatic carbocycles. The zero-order valence-corrected chi connectivity index (χ0v) is 15.4. The van der Waals surface area contributed by atoms with Crippen molar-refractivity contribution in [2.24, 2.45) is 0 Å². The number of rotatable bonds is 4. The van der Waals surface area contributed by atoms with Gasteiger partial charge in [-0.3, -0.25) is 14.9 Å². The third-order valence-corrected chi connectivity index (χ3v) is 5.42. The van der Waals surface area contributed by atoms with E-state index in [1.165, 1.54) is 34.5 Å². The van der Waals surface area contributed by atoms with Gasteiger partial charge >= 0.3 is 0 Å². The van der Waals surface area contributed by atoms with Crippen molar-refractivity contribution in [3.8, 4) is 11.1 Å². The summed E-state index contributed by atoms with van der Waals surface area (Å²) in [6.45, 7) is 0. The Balaban J connectivity index is 1.63. The van der Waals surface area contributed by atoms with Gasteiger partial charge in [-0.2, -0.15) is 0 Å². The number of nitrogens with one attached hydrogen (secondary N) is 1. The molecule has 27 heavy (non-hydrogen) atoms. The molecule has 0 heterocycles. The number of carbonyl (C=O) groups is 1. The average molecular weight is 376 g/mol. The monoisotopic (exact) mass is 376 g/mol. The van der Waals surface area contributed by atoms with Crippen LogP contribution >= 0.6 is 11.8 Å². The van der Waals surface area contributed by atoms with E-state index < -0.39 is 10.8 Å². The molecule has 0 fully saturated rings. The van der Waals surface area contributed by atoms with Gasteiger partial charge in [0.25, 0.3) is 11.6 Å². The van der Waals surface area contributed by atoms with E-state index in [2.05, 4.69) is 17.4 Å². The van der Waals surface area contributed by atoms with Crippen LogP contribution < -0.4 is 5.32 Å². The molecule has 0 aromatic heterocycles. The molecular formula is C21H16N2O3S. The van der Waals surface area contributed by atoms with Crippen LogP contribution in [0, 0.1) is 10.1 Å². The number of anilines is 1. The summed E-state index contributed by atoms with van der Waals surface area (Å²) in [6.07, 6.45) is 2.68. The maximum atomic E-state index is 12.7. The van der Waals surface area contributed by atoms with Crippen LogP contribution in [-0.4, -0.2) is 17.1 Å². The fraction of sp³-hybridized carbons (Fsp3) is 0.0952. The number of benzene rings is 3. The van der Waals surface area contributed by atoms with Gasteiger partial charge in [-0.15, -0.1) is 11.8 Å². The SMILES string of the molecule is CSc1ccc([N+](=O)[O-])c(C(=O)Nc2ccc3c(c2)Cc2ccccc2-3)c1. The van der Waals surface area contributed by atoms with Crippen LogP contribution in [0.5, 0.6) is 0 Å². The Bertz CT molecular complexity index is 1080. The number of nitro benzene ring substituents is 1. The van der Waals surface area contributed by atoms with E-state index in [0.717, 1.165) is 16.9 Å². The van der Waals surface area contributed by atoms with E-state index >= 15 is 0 Å². The van der Waals surface area contributed by atoms with Crippen LogP contribution in [0.25, 0.3) is 11.1 Å². The summed E-state index contributed by atoms with van der Waals surface area (Å²) in [5.74, 6) is -0.479. The summed E-state index contributed by atoms with van der Waals surface area (Å²) in [4.78, 5) is 24.2. The van der Waals surface area contributed by atoms with Gasteiger partial charge in [-0.25, -0.2) is 0 Å². The number of hydrogen-bond acceptors (Lipinski definition) is 4. The Morgan fingerprint density at radius 2 is 1.81 bits per heavy atom. The highest BCUT2D eigenvalue weighted by Gasteiger charge is 2.22. The van der Waals surface area contributed by atoms with Gasteiger partial charge < -0.3 is 5.32 Å². The predicted octanol–water partition coefficient (Wildman–Crippen LogP) is 5.14. The van der Waals surface area contributed by atoms with E-state index in [1.54, 1.807) is 12.1 Å². The molecule has 0 aliphatic heterocycles. The minimum Gasteiger partial charge on any atom is -0.322 e. The van der Waals surface area contributed by atoms with Crippen molar-refractivity contribution in [3.63, 3.8) is 0 Å². The Morgan fingerprint density at radius 1 is 1.04 bits per heavy atom. The zero-order chi connectivity index (χ0) is 19.0. The molecule has 0 saturated carbocycles. The Kier molecular flexibility index (Phi) is 4.41. The Morgan fingerprint density at radius 3 is 2.59 bits per heavy atom. The molecule has 4 rings (SSSR count). The van der Waals surface area contributed by atoms with Crippen molar-refractivity contribution >= 4 is 29.0 Å². The maximum absolute atomic E-state index is 12.7. The molecule has 134 valence electrons. The van der Waals surface area contributed by atoms with Crippen molar-refractivity contribution < 1.29 is 9.72 Å². The Hall–Kier alpha value is -3.12. The second kappa shape index (κ2) is 6.89. The number of nitro groups is 1. The molecule has 0 unspecified atom stereocenters. The molecule has 0 radical (unpaired) electrons. The molecular weight excluding hydrogens is 360 g/mol. The number of carbonyl (C=O) groups excluding carboxylic acids is 1. The lowest BCUT2D eigenvalue weighted by Crippen LogP contribution is -2.14. The highest BCUT2D eigenvalue weighted by atomic mass is 32.2. The second-order valence-corrected chi connectivity index (χ2v) is 7.18. The fourth-order valence-corrected chi connectivity index (χ4v) is 3.84. The smallest absolute Gasteiger partial charge is 0.282 e. The van der Waals surface area contributed by atoms with Crippen molar-refractivity contribution in [2.45, 2.75) is 11.3 Å². The van der Waals surface area contributed by atoms with Crippen molar-refractivity contribution in [1.82, 2.24) is 0 Å². The van der Waals surface area contributed by atoms with Crippen LogP contribution in [0.4, 0.5) is 11.4 Å². The van der Waals surface area contributed by atoms with Gasteiger partial charge in [0, 0.05) is 16.6 Å². The maximum Gasteiger partial charge on any atom is 0.282 e. The van der Waals surface area contributed by atoms with Gasteiger partial charge in [-0.1, -0.05) is 30.3 Å². The first-order valence-corrected chi connectivity index (χ1v) is 9.64. The van der Waals surface area contributed by atoms with Crippen LogP contribution in [0.1, 0.15) is 21.5 Å². The summed E-state index contributed by atoms with van der Waals surface area (Å²) in [5.41, 5.74) is 5.29. The number of nitrogens with zero attached hydrogens (tertiary/aromatic N) is 1. The lowest BCUT2D eigenvalue weighted by atomic mass is 10.1. The lowest BCUT2D eigenvalue weighted by Gasteiger charge is -2.09. The van der Waals surface area contributed by atoms with Gasteiger partial charge in [0.2, 0.25) is 0 Å². The van der Waals surface area contributed by atoms with Crippen molar-refractivity contribution in [1.29, 1.82) is 0 Å². The average Bonchev–Trinajstić information content (AvgIpc) is 3.05. The second-order valence-electron chi connectivity index (χ2n) is 6.30. The third kappa shape index (κ3) is 3.19. The van der Waals surface area contributed by atoms with E-state index in [4.69, 9.17) is 0 Å². The summed E-state index contributed by atoms with van der Waals surface area (Å²) in [6, 6.07) is 18.6. The molecule has 0 saturated heterocycles. The topological polar surface area (TPSA) is 72.2 Å². The molecule has 1 aliphatic carbocycles. The minimum atomic E-state index is -0.529. The summed E-state index contributed by atoms with van der Waals surface area (Å²) in [7, 11) is 0. The zero-order valence-electron chi connectivity index (χ0n) is 14.6. The molecule has 5 nitrogen and oxygen atoms in total. The van der Waals surface area contributed by atoms with Gasteiger partial charge in [0.05, 0.1) is 4.92 Å². The third-order valence-electron chi connectivity index (χ3n) is 4.70. The normalized spacial score (nSPS) is 11.6.